The van der Waals surface area contributed by atoms with Gasteiger partial charge in [-0.25, -0.2) is 4.79 Å². The molecule has 2 aromatic heterocycles. The normalized spacial score (nSPS) is 11.6. The number of carbonyl (C=O) groups is 1. The van der Waals surface area contributed by atoms with Crippen molar-refractivity contribution in [1.82, 2.24) is 0 Å². The van der Waals surface area contributed by atoms with E-state index in [4.69, 9.17) is 26.5 Å². The lowest BCUT2D eigenvalue weighted by Crippen LogP contribution is -2.23. The van der Waals surface area contributed by atoms with Crippen LogP contribution in [0.25, 0.3) is 10.6 Å². The first-order chi connectivity index (χ1) is 8.76. The molecule has 0 atom stereocenters. The predicted molar refractivity (Wildman–Crippen MR) is 76.6 cm³/mol. The van der Waals surface area contributed by atoms with Crippen LogP contribution in [0.2, 0.25) is 5.22 Å². The van der Waals surface area contributed by atoms with Gasteiger partial charge in [-0.3, -0.25) is 0 Å². The summed E-state index contributed by atoms with van der Waals surface area (Å²) in [4.78, 5) is 13.1. The van der Waals surface area contributed by atoms with Crippen molar-refractivity contribution in [3.05, 3.63) is 28.3 Å². The Labute approximate surface area is 120 Å². The monoisotopic (exact) mass is 299 g/mol. The highest BCUT2D eigenvalue weighted by molar-refractivity contribution is 7.17. The second-order valence-corrected chi connectivity index (χ2v) is 6.43. The zero-order valence-electron chi connectivity index (χ0n) is 10.8. The quantitative estimate of drug-likeness (QED) is 0.844. The summed E-state index contributed by atoms with van der Waals surface area (Å²) in [6, 6.07) is 5.05. The molecule has 0 amide bonds. The van der Waals surface area contributed by atoms with Gasteiger partial charge in [0.15, 0.2) is 5.22 Å². The van der Waals surface area contributed by atoms with Crippen molar-refractivity contribution < 1.29 is 13.9 Å². The number of furan rings is 1. The number of hydrogen-bond donors (Lipinski definition) is 1. The molecule has 0 radical (unpaired) electrons. The Hall–Kier alpha value is -1.46. The molecular weight excluding hydrogens is 286 g/mol. The summed E-state index contributed by atoms with van der Waals surface area (Å²) in [6.07, 6.45) is 0. The van der Waals surface area contributed by atoms with Crippen LogP contribution < -0.4 is 5.73 Å². The van der Waals surface area contributed by atoms with Crippen LogP contribution >= 0.6 is 22.9 Å². The van der Waals surface area contributed by atoms with Crippen LogP contribution in [0.4, 0.5) is 5.69 Å². The Bertz CT molecular complexity index is 610. The second kappa shape index (κ2) is 4.90. The molecule has 0 aromatic carbocycles. The lowest BCUT2D eigenvalue weighted by molar-refractivity contribution is 0.00764. The summed E-state index contributed by atoms with van der Waals surface area (Å²) >= 11 is 6.94. The molecule has 0 bridgehead atoms. The number of nitrogens with two attached hydrogens (primary N) is 1. The fourth-order valence-corrected chi connectivity index (χ4v) is 2.52. The number of ether oxygens (including phenoxy) is 1. The maximum absolute atomic E-state index is 12.0. The van der Waals surface area contributed by atoms with Gasteiger partial charge in [0.1, 0.15) is 16.2 Å². The molecule has 2 rings (SSSR count). The molecule has 0 saturated carbocycles. The molecule has 0 unspecified atom stereocenters. The SMILES string of the molecule is CC(C)(C)OC(=O)c1sc(-c2ccc(Cl)o2)cc1N. The van der Waals surface area contributed by atoms with Crippen molar-refractivity contribution in [2.75, 3.05) is 5.73 Å². The third-order valence-electron chi connectivity index (χ3n) is 2.16. The molecule has 2 aromatic rings. The fraction of sp³-hybridized carbons (Fsp3) is 0.308. The van der Waals surface area contributed by atoms with E-state index in [1.165, 1.54) is 11.3 Å². The number of nitrogen functional groups attached to an aromatic ring is 1. The zero-order valence-corrected chi connectivity index (χ0v) is 12.4. The largest absolute Gasteiger partial charge is 0.456 e. The van der Waals surface area contributed by atoms with E-state index >= 15 is 0 Å². The Morgan fingerprint density at radius 3 is 2.63 bits per heavy atom. The van der Waals surface area contributed by atoms with Gasteiger partial charge >= 0.3 is 5.97 Å². The predicted octanol–water partition coefficient (Wildman–Crippen LogP) is 4.20. The minimum Gasteiger partial charge on any atom is -0.456 e. The minimum atomic E-state index is -0.554. The molecule has 2 N–H and O–H groups in total. The summed E-state index contributed by atoms with van der Waals surface area (Å²) in [5.74, 6) is 0.149. The molecule has 6 heteroatoms. The van der Waals surface area contributed by atoms with E-state index in [1.54, 1.807) is 18.2 Å². The van der Waals surface area contributed by atoms with Gasteiger partial charge < -0.3 is 14.9 Å². The first kappa shape index (κ1) is 14.0. The molecule has 4 nitrogen and oxygen atoms in total. The molecule has 0 fully saturated rings. The summed E-state index contributed by atoms with van der Waals surface area (Å²) in [6.45, 7) is 5.42. The Balaban J connectivity index is 2.29. The van der Waals surface area contributed by atoms with E-state index in [2.05, 4.69) is 0 Å². The first-order valence-corrected chi connectivity index (χ1v) is 6.84. The van der Waals surface area contributed by atoms with Gasteiger partial charge in [0, 0.05) is 0 Å². The molecule has 0 spiro atoms. The van der Waals surface area contributed by atoms with Crippen LogP contribution in [-0.2, 0) is 4.74 Å². The number of hydrogen-bond acceptors (Lipinski definition) is 5. The van der Waals surface area contributed by atoms with Crippen LogP contribution in [0.5, 0.6) is 0 Å². The van der Waals surface area contributed by atoms with Crippen molar-refractivity contribution in [3.63, 3.8) is 0 Å². The van der Waals surface area contributed by atoms with E-state index in [1.807, 2.05) is 20.8 Å². The van der Waals surface area contributed by atoms with Crippen molar-refractivity contribution >= 4 is 34.6 Å². The zero-order chi connectivity index (χ0) is 14.2. The highest BCUT2D eigenvalue weighted by atomic mass is 35.5. The maximum atomic E-state index is 12.0. The van der Waals surface area contributed by atoms with Crippen LogP contribution in [0.1, 0.15) is 30.4 Å². The third kappa shape index (κ3) is 3.30. The molecule has 0 saturated heterocycles. The summed E-state index contributed by atoms with van der Waals surface area (Å²) in [5, 5.41) is 0.292. The van der Waals surface area contributed by atoms with Crippen LogP contribution in [0.3, 0.4) is 0 Å². The first-order valence-electron chi connectivity index (χ1n) is 5.64. The minimum absolute atomic E-state index is 0.292. The number of anilines is 1. The smallest absolute Gasteiger partial charge is 0.350 e. The van der Waals surface area contributed by atoms with E-state index in [0.29, 0.717) is 21.5 Å². The van der Waals surface area contributed by atoms with Gasteiger partial charge in [0.25, 0.3) is 0 Å². The van der Waals surface area contributed by atoms with Gasteiger partial charge in [0.05, 0.1) is 10.6 Å². The summed E-state index contributed by atoms with van der Waals surface area (Å²) in [5.41, 5.74) is 5.66. The van der Waals surface area contributed by atoms with Gasteiger partial charge in [-0.15, -0.1) is 11.3 Å². The number of thiophene rings is 1. The number of esters is 1. The fourth-order valence-electron chi connectivity index (χ4n) is 1.46. The van der Waals surface area contributed by atoms with Crippen LogP contribution in [-0.4, -0.2) is 11.6 Å². The van der Waals surface area contributed by atoms with E-state index in [-0.39, 0.29) is 0 Å². The number of rotatable bonds is 2. The van der Waals surface area contributed by atoms with E-state index in [9.17, 15) is 4.79 Å². The molecule has 19 heavy (non-hydrogen) atoms. The van der Waals surface area contributed by atoms with Crippen molar-refractivity contribution in [1.29, 1.82) is 0 Å². The van der Waals surface area contributed by atoms with Gasteiger partial charge in [-0.2, -0.15) is 0 Å². The van der Waals surface area contributed by atoms with Crippen molar-refractivity contribution in [2.45, 2.75) is 26.4 Å². The molecular formula is C13H14ClNO3S. The molecule has 102 valence electrons. The maximum Gasteiger partial charge on any atom is 0.350 e. The Morgan fingerprint density at radius 2 is 2.11 bits per heavy atom. The van der Waals surface area contributed by atoms with Crippen LogP contribution in [0, 0.1) is 0 Å². The lowest BCUT2D eigenvalue weighted by atomic mass is 10.2. The standard InChI is InChI=1S/C13H14ClNO3S/c1-13(2,3)18-12(16)11-7(15)6-9(19-11)8-4-5-10(14)17-8/h4-6H,15H2,1-3H3. The average molecular weight is 300 g/mol. The Kier molecular flexibility index (Phi) is 3.60. The molecule has 2 heterocycles. The third-order valence-corrected chi connectivity index (χ3v) is 3.51. The average Bonchev–Trinajstić information content (AvgIpc) is 2.82. The Morgan fingerprint density at radius 1 is 1.42 bits per heavy atom. The molecule has 0 aliphatic rings. The second-order valence-electron chi connectivity index (χ2n) is 5.00. The van der Waals surface area contributed by atoms with Crippen molar-refractivity contribution in [2.24, 2.45) is 0 Å². The van der Waals surface area contributed by atoms with E-state index in [0.717, 1.165) is 4.88 Å². The van der Waals surface area contributed by atoms with Crippen LogP contribution in [0.15, 0.2) is 22.6 Å². The number of carbonyl (C=O) groups excluding carboxylic acids is 1. The summed E-state index contributed by atoms with van der Waals surface area (Å²) in [7, 11) is 0. The number of halogens is 1. The highest BCUT2D eigenvalue weighted by Gasteiger charge is 2.23. The molecule has 0 aliphatic heterocycles. The molecule has 0 aliphatic carbocycles. The summed E-state index contributed by atoms with van der Waals surface area (Å²) < 4.78 is 10.6. The topological polar surface area (TPSA) is 65.5 Å². The van der Waals surface area contributed by atoms with Gasteiger partial charge in [-0.05, 0) is 50.6 Å². The van der Waals surface area contributed by atoms with E-state index < -0.39 is 11.6 Å². The lowest BCUT2D eigenvalue weighted by Gasteiger charge is -2.18. The highest BCUT2D eigenvalue weighted by Crippen LogP contribution is 2.35. The van der Waals surface area contributed by atoms with Gasteiger partial charge in [0.2, 0.25) is 0 Å². The van der Waals surface area contributed by atoms with Crippen molar-refractivity contribution in [3.8, 4) is 10.6 Å². The van der Waals surface area contributed by atoms with Gasteiger partial charge in [-0.1, -0.05) is 0 Å².